The predicted molar refractivity (Wildman–Crippen MR) is 62.2 cm³/mol. The summed E-state index contributed by atoms with van der Waals surface area (Å²) in [7, 11) is 0. The highest BCUT2D eigenvalue weighted by molar-refractivity contribution is 8.01. The minimum atomic E-state index is -0.920. The van der Waals surface area contributed by atoms with E-state index in [0.717, 1.165) is 14.2 Å². The Kier molecular flexibility index (Phi) is 3.21. The summed E-state index contributed by atoms with van der Waals surface area (Å²) in [5.74, 6) is -0.920. The average molecular weight is 252 g/mol. The van der Waals surface area contributed by atoms with Gasteiger partial charge in [0.2, 0.25) is 0 Å². The minimum Gasteiger partial charge on any atom is -0.478 e. The van der Waals surface area contributed by atoms with Crippen molar-refractivity contribution in [3.63, 3.8) is 0 Å². The molecule has 1 N–H and O–H groups in total. The van der Waals surface area contributed by atoms with E-state index in [2.05, 4.69) is 10.2 Å². The third-order valence-corrected chi connectivity index (χ3v) is 3.67. The van der Waals surface area contributed by atoms with Crippen molar-refractivity contribution in [2.24, 2.45) is 0 Å². The molecule has 0 aliphatic rings. The van der Waals surface area contributed by atoms with Gasteiger partial charge in [0.15, 0.2) is 4.34 Å². The van der Waals surface area contributed by atoms with Gasteiger partial charge in [-0.1, -0.05) is 29.2 Å². The second-order valence-electron chi connectivity index (χ2n) is 3.02. The number of benzene rings is 1. The van der Waals surface area contributed by atoms with Gasteiger partial charge in [-0.3, -0.25) is 0 Å². The van der Waals surface area contributed by atoms with E-state index in [0.29, 0.717) is 0 Å². The van der Waals surface area contributed by atoms with Gasteiger partial charge in [-0.05, 0) is 25.1 Å². The van der Waals surface area contributed by atoms with E-state index in [1.807, 2.05) is 13.0 Å². The molecule has 0 fully saturated rings. The molecule has 0 unspecified atom stereocenters. The highest BCUT2D eigenvalue weighted by Gasteiger charge is 2.06. The molecule has 0 saturated carbocycles. The van der Waals surface area contributed by atoms with Crippen LogP contribution in [-0.4, -0.2) is 21.3 Å². The molecule has 0 radical (unpaired) electrons. The van der Waals surface area contributed by atoms with E-state index >= 15 is 0 Å². The second kappa shape index (κ2) is 4.63. The Hall–Kier alpha value is -1.40. The van der Waals surface area contributed by atoms with Crippen molar-refractivity contribution in [3.8, 4) is 0 Å². The number of hydrogen-bond donors (Lipinski definition) is 1. The normalized spacial score (nSPS) is 10.3. The highest BCUT2D eigenvalue weighted by Crippen LogP contribution is 2.30. The summed E-state index contributed by atoms with van der Waals surface area (Å²) >= 11 is 2.91. The Labute approximate surface area is 100 Å². The summed E-state index contributed by atoms with van der Waals surface area (Å²) in [6, 6.07) is 6.77. The van der Waals surface area contributed by atoms with Crippen molar-refractivity contribution < 1.29 is 9.90 Å². The van der Waals surface area contributed by atoms with E-state index < -0.39 is 5.97 Å². The fourth-order valence-corrected chi connectivity index (χ4v) is 2.96. The van der Waals surface area contributed by atoms with E-state index in [-0.39, 0.29) is 5.56 Å². The molecule has 4 nitrogen and oxygen atoms in total. The topological polar surface area (TPSA) is 63.1 Å². The number of aromatic nitrogens is 2. The van der Waals surface area contributed by atoms with Crippen molar-refractivity contribution >= 4 is 29.1 Å². The Morgan fingerprint density at radius 1 is 1.44 bits per heavy atom. The molecule has 0 amide bonds. The largest absolute Gasteiger partial charge is 0.478 e. The monoisotopic (exact) mass is 252 g/mol. The number of rotatable bonds is 3. The molecule has 2 rings (SSSR count). The number of nitrogens with zero attached hydrogens (tertiary/aromatic N) is 2. The lowest BCUT2D eigenvalue weighted by atomic mass is 10.2. The van der Waals surface area contributed by atoms with Crippen molar-refractivity contribution in [1.82, 2.24) is 10.2 Å². The third-order valence-electron chi connectivity index (χ3n) is 1.79. The number of aryl methyl sites for hydroxylation is 1. The van der Waals surface area contributed by atoms with Crippen LogP contribution in [0.3, 0.4) is 0 Å². The number of hydrogen-bond acceptors (Lipinski definition) is 5. The lowest BCUT2D eigenvalue weighted by molar-refractivity contribution is 0.0696. The van der Waals surface area contributed by atoms with Crippen LogP contribution in [-0.2, 0) is 0 Å². The Balaban J connectivity index is 2.21. The van der Waals surface area contributed by atoms with Gasteiger partial charge >= 0.3 is 5.97 Å². The first-order valence-electron chi connectivity index (χ1n) is 4.46. The molecule has 1 aromatic heterocycles. The number of carboxylic acids is 1. The summed E-state index contributed by atoms with van der Waals surface area (Å²) in [4.78, 5) is 11.6. The van der Waals surface area contributed by atoms with Gasteiger partial charge in [0.25, 0.3) is 0 Å². The van der Waals surface area contributed by atoms with Gasteiger partial charge in [-0.2, -0.15) is 0 Å². The first kappa shape index (κ1) is 11.1. The van der Waals surface area contributed by atoms with Gasteiger partial charge in [-0.25, -0.2) is 4.79 Å². The van der Waals surface area contributed by atoms with Crippen LogP contribution in [0.2, 0.25) is 0 Å². The minimum absolute atomic E-state index is 0.284. The molecule has 0 bridgehead atoms. The zero-order chi connectivity index (χ0) is 11.5. The van der Waals surface area contributed by atoms with Crippen molar-refractivity contribution in [1.29, 1.82) is 0 Å². The molecule has 1 heterocycles. The summed E-state index contributed by atoms with van der Waals surface area (Å²) < 4.78 is 0.819. The predicted octanol–water partition coefficient (Wildman–Crippen LogP) is 2.70. The fourth-order valence-electron chi connectivity index (χ4n) is 1.11. The fraction of sp³-hybridized carbons (Fsp3) is 0.100. The van der Waals surface area contributed by atoms with Crippen molar-refractivity contribution in [2.45, 2.75) is 16.2 Å². The lowest BCUT2D eigenvalue weighted by Crippen LogP contribution is -1.95. The van der Waals surface area contributed by atoms with Crippen LogP contribution in [0, 0.1) is 6.92 Å². The van der Waals surface area contributed by atoms with E-state index in [1.165, 1.54) is 23.1 Å². The van der Waals surface area contributed by atoms with Crippen LogP contribution in [0.25, 0.3) is 0 Å². The molecule has 0 aliphatic carbocycles. The average Bonchev–Trinajstić information content (AvgIpc) is 2.64. The van der Waals surface area contributed by atoms with Crippen molar-refractivity contribution in [2.75, 3.05) is 0 Å². The molecule has 0 saturated heterocycles. The highest BCUT2D eigenvalue weighted by atomic mass is 32.2. The maximum Gasteiger partial charge on any atom is 0.335 e. The maximum atomic E-state index is 10.8. The number of carboxylic acid groups (broad SMARTS) is 1. The summed E-state index contributed by atoms with van der Waals surface area (Å²) in [5.41, 5.74) is 0.284. The van der Waals surface area contributed by atoms with Gasteiger partial charge in [0.05, 0.1) is 5.56 Å². The Bertz CT molecular complexity index is 525. The molecule has 2 aromatic rings. The van der Waals surface area contributed by atoms with Gasteiger partial charge < -0.3 is 5.11 Å². The van der Waals surface area contributed by atoms with Gasteiger partial charge in [0.1, 0.15) is 5.01 Å². The van der Waals surface area contributed by atoms with Crippen LogP contribution in [0.15, 0.2) is 33.5 Å². The molecule has 82 valence electrons. The summed E-state index contributed by atoms with van der Waals surface area (Å²) in [6.07, 6.45) is 0. The zero-order valence-electron chi connectivity index (χ0n) is 8.38. The standard InChI is InChI=1S/C10H8N2O2S2/c1-6-11-12-10(15-6)16-8-4-2-3-7(5-8)9(13)14/h2-5H,1H3,(H,13,14). The Morgan fingerprint density at radius 3 is 2.88 bits per heavy atom. The van der Waals surface area contributed by atoms with Crippen LogP contribution in [0.1, 0.15) is 15.4 Å². The quantitative estimate of drug-likeness (QED) is 0.910. The van der Waals surface area contributed by atoms with Crippen LogP contribution in [0.5, 0.6) is 0 Å². The molecular weight excluding hydrogens is 244 g/mol. The van der Waals surface area contributed by atoms with Crippen molar-refractivity contribution in [3.05, 3.63) is 34.8 Å². The Morgan fingerprint density at radius 2 is 2.25 bits per heavy atom. The third kappa shape index (κ3) is 2.59. The van der Waals surface area contributed by atoms with Crippen LogP contribution in [0.4, 0.5) is 0 Å². The molecule has 6 heteroatoms. The summed E-state index contributed by atoms with van der Waals surface area (Å²) in [6.45, 7) is 1.88. The molecule has 0 spiro atoms. The van der Waals surface area contributed by atoms with E-state index in [1.54, 1.807) is 18.2 Å². The lowest BCUT2D eigenvalue weighted by Gasteiger charge is -1.98. The number of aromatic carboxylic acids is 1. The molecule has 0 atom stereocenters. The SMILES string of the molecule is Cc1nnc(Sc2cccc(C(=O)O)c2)s1. The zero-order valence-corrected chi connectivity index (χ0v) is 10.0. The smallest absolute Gasteiger partial charge is 0.335 e. The van der Waals surface area contributed by atoms with Gasteiger partial charge in [-0.15, -0.1) is 10.2 Å². The molecule has 1 aromatic carbocycles. The second-order valence-corrected chi connectivity index (χ2v) is 5.52. The molecule has 16 heavy (non-hydrogen) atoms. The first-order valence-corrected chi connectivity index (χ1v) is 6.10. The first-order chi connectivity index (χ1) is 7.65. The summed E-state index contributed by atoms with van der Waals surface area (Å²) in [5, 5.41) is 17.6. The van der Waals surface area contributed by atoms with Crippen LogP contribution < -0.4 is 0 Å². The maximum absolute atomic E-state index is 10.8. The van der Waals surface area contributed by atoms with Crippen LogP contribution >= 0.6 is 23.1 Å². The molecular formula is C10H8N2O2S2. The van der Waals surface area contributed by atoms with Gasteiger partial charge in [0, 0.05) is 4.90 Å². The molecule has 0 aliphatic heterocycles. The van der Waals surface area contributed by atoms with E-state index in [9.17, 15) is 4.79 Å². The number of carbonyl (C=O) groups is 1. The van der Waals surface area contributed by atoms with E-state index in [4.69, 9.17) is 5.11 Å².